The largest absolute Gasteiger partial charge is 0.398 e. The van der Waals surface area contributed by atoms with Crippen LogP contribution in [0.1, 0.15) is 10.6 Å². The minimum atomic E-state index is 0.486. The third kappa shape index (κ3) is 2.66. The normalized spacial score (nSPS) is 10.6. The average molecular weight is 272 g/mol. The van der Waals surface area contributed by atoms with Crippen molar-refractivity contribution in [3.05, 3.63) is 33.2 Å². The first-order chi connectivity index (χ1) is 7.66. The first-order valence-corrected chi connectivity index (χ1v) is 6.80. The Labute approximate surface area is 107 Å². The van der Waals surface area contributed by atoms with E-state index in [-0.39, 0.29) is 0 Å². The predicted molar refractivity (Wildman–Crippen MR) is 70.1 cm³/mol. The summed E-state index contributed by atoms with van der Waals surface area (Å²) in [6.07, 6.45) is 0. The molecule has 0 atom stereocenters. The monoisotopic (exact) mass is 271 g/mol. The third-order valence-electron chi connectivity index (χ3n) is 2.12. The summed E-state index contributed by atoms with van der Waals surface area (Å²) >= 11 is 8.82. The molecule has 0 saturated heterocycles. The molecular weight excluding hydrogens is 262 g/mol. The second-order valence-corrected chi connectivity index (χ2v) is 5.87. The molecule has 2 N–H and O–H groups in total. The van der Waals surface area contributed by atoms with E-state index in [2.05, 4.69) is 16.3 Å². The molecule has 0 aliphatic carbocycles. The van der Waals surface area contributed by atoms with Crippen molar-refractivity contribution in [2.75, 3.05) is 5.73 Å². The van der Waals surface area contributed by atoms with Gasteiger partial charge < -0.3 is 5.73 Å². The van der Waals surface area contributed by atoms with Crippen molar-refractivity contribution in [3.8, 4) is 0 Å². The molecule has 0 saturated carbocycles. The quantitative estimate of drug-likeness (QED) is 0.687. The van der Waals surface area contributed by atoms with Gasteiger partial charge in [0.25, 0.3) is 0 Å². The number of nitrogen functional groups attached to an aromatic ring is 1. The maximum atomic E-state index is 5.83. The lowest BCUT2D eigenvalue weighted by molar-refractivity contribution is 1.04. The fourth-order valence-electron chi connectivity index (χ4n) is 1.22. The van der Waals surface area contributed by atoms with E-state index in [0.717, 1.165) is 22.0 Å². The molecule has 0 fully saturated rings. The summed E-state index contributed by atoms with van der Waals surface area (Å²) in [5.41, 5.74) is 7.77. The molecule has 16 heavy (non-hydrogen) atoms. The first kappa shape index (κ1) is 11.7. The zero-order valence-electron chi connectivity index (χ0n) is 8.61. The number of nitrogens with two attached hydrogens (primary N) is 1. The van der Waals surface area contributed by atoms with Crippen LogP contribution in [0.15, 0.2) is 23.1 Å². The standard InChI is InChI=1S/C10H10ClN3S2/c1-6-7(12)3-2-4-8(6)15-5-9-13-14-10(11)16-9/h2-4H,5,12H2,1H3. The van der Waals surface area contributed by atoms with Crippen molar-refractivity contribution >= 4 is 40.4 Å². The van der Waals surface area contributed by atoms with Crippen LogP contribution in [-0.4, -0.2) is 10.2 Å². The number of halogens is 1. The van der Waals surface area contributed by atoms with Gasteiger partial charge in [0.15, 0.2) is 0 Å². The van der Waals surface area contributed by atoms with Gasteiger partial charge in [-0.05, 0) is 36.2 Å². The van der Waals surface area contributed by atoms with Crippen molar-refractivity contribution in [3.63, 3.8) is 0 Å². The lowest BCUT2D eigenvalue weighted by Gasteiger charge is -2.06. The second-order valence-electron chi connectivity index (χ2n) is 3.21. The highest BCUT2D eigenvalue weighted by Crippen LogP contribution is 2.30. The molecule has 2 aromatic rings. The van der Waals surface area contributed by atoms with Crippen molar-refractivity contribution in [2.24, 2.45) is 0 Å². The molecule has 1 aromatic carbocycles. The Kier molecular flexibility index (Phi) is 3.68. The molecule has 3 nitrogen and oxygen atoms in total. The van der Waals surface area contributed by atoms with Crippen molar-refractivity contribution in [2.45, 2.75) is 17.6 Å². The summed E-state index contributed by atoms with van der Waals surface area (Å²) in [5, 5.41) is 8.66. The number of thioether (sulfide) groups is 1. The van der Waals surface area contributed by atoms with E-state index in [1.807, 2.05) is 19.1 Å². The molecule has 0 aliphatic rings. The Hall–Kier alpha value is -0.780. The maximum absolute atomic E-state index is 5.83. The highest BCUT2D eigenvalue weighted by Gasteiger charge is 2.05. The number of hydrogen-bond donors (Lipinski definition) is 1. The molecule has 0 radical (unpaired) electrons. The van der Waals surface area contributed by atoms with E-state index in [9.17, 15) is 0 Å². The van der Waals surface area contributed by atoms with Gasteiger partial charge in [0.2, 0.25) is 4.47 Å². The molecule has 0 amide bonds. The number of benzene rings is 1. The lowest BCUT2D eigenvalue weighted by atomic mass is 10.2. The third-order valence-corrected chi connectivity index (χ3v) is 4.49. The molecule has 1 heterocycles. The van der Waals surface area contributed by atoms with Gasteiger partial charge in [0, 0.05) is 10.6 Å². The summed E-state index contributed by atoms with van der Waals surface area (Å²) < 4.78 is 0.486. The smallest absolute Gasteiger partial charge is 0.207 e. The molecule has 0 bridgehead atoms. The molecule has 0 unspecified atom stereocenters. The Morgan fingerprint density at radius 3 is 2.94 bits per heavy atom. The zero-order chi connectivity index (χ0) is 11.5. The topological polar surface area (TPSA) is 51.8 Å². The van der Waals surface area contributed by atoms with Crippen LogP contribution in [0.3, 0.4) is 0 Å². The van der Waals surface area contributed by atoms with Crippen LogP contribution in [0.25, 0.3) is 0 Å². The Balaban J connectivity index is 2.07. The van der Waals surface area contributed by atoms with E-state index in [1.54, 1.807) is 11.8 Å². The maximum Gasteiger partial charge on any atom is 0.207 e. The van der Waals surface area contributed by atoms with Crippen LogP contribution < -0.4 is 5.73 Å². The van der Waals surface area contributed by atoms with E-state index < -0.39 is 0 Å². The summed E-state index contributed by atoms with van der Waals surface area (Å²) in [6.45, 7) is 2.02. The van der Waals surface area contributed by atoms with Crippen molar-refractivity contribution in [1.82, 2.24) is 10.2 Å². The fraction of sp³-hybridized carbons (Fsp3) is 0.200. The van der Waals surface area contributed by atoms with Gasteiger partial charge in [-0.25, -0.2) is 0 Å². The number of nitrogens with zero attached hydrogens (tertiary/aromatic N) is 2. The summed E-state index contributed by atoms with van der Waals surface area (Å²) in [7, 11) is 0. The summed E-state index contributed by atoms with van der Waals surface area (Å²) in [6, 6.07) is 5.91. The average Bonchev–Trinajstić information content (AvgIpc) is 2.67. The fourth-order valence-corrected chi connectivity index (χ4v) is 3.14. The van der Waals surface area contributed by atoms with Crippen molar-refractivity contribution in [1.29, 1.82) is 0 Å². The van der Waals surface area contributed by atoms with Gasteiger partial charge in [0.1, 0.15) is 5.01 Å². The van der Waals surface area contributed by atoms with Crippen LogP contribution in [0.5, 0.6) is 0 Å². The second kappa shape index (κ2) is 5.03. The van der Waals surface area contributed by atoms with Crippen LogP contribution in [0, 0.1) is 6.92 Å². The molecule has 1 aromatic heterocycles. The molecule has 6 heteroatoms. The number of aromatic nitrogens is 2. The zero-order valence-corrected chi connectivity index (χ0v) is 11.0. The lowest BCUT2D eigenvalue weighted by Crippen LogP contribution is -1.91. The Bertz CT molecular complexity index is 499. The predicted octanol–water partition coefficient (Wildman–Crippen LogP) is 3.37. The van der Waals surface area contributed by atoms with Crippen LogP contribution in [-0.2, 0) is 5.75 Å². The van der Waals surface area contributed by atoms with E-state index in [1.165, 1.54) is 16.2 Å². The molecule has 0 spiro atoms. The van der Waals surface area contributed by atoms with Gasteiger partial charge in [-0.1, -0.05) is 17.4 Å². The first-order valence-electron chi connectivity index (χ1n) is 4.62. The van der Waals surface area contributed by atoms with Gasteiger partial charge >= 0.3 is 0 Å². The summed E-state index contributed by atoms with van der Waals surface area (Å²) in [5.74, 6) is 0.773. The van der Waals surface area contributed by atoms with Gasteiger partial charge in [-0.2, -0.15) is 0 Å². The highest BCUT2D eigenvalue weighted by molar-refractivity contribution is 7.98. The number of hydrogen-bond acceptors (Lipinski definition) is 5. The highest BCUT2D eigenvalue weighted by atomic mass is 35.5. The molecule has 2 rings (SSSR count). The molecule has 84 valence electrons. The van der Waals surface area contributed by atoms with Crippen LogP contribution >= 0.6 is 34.7 Å². The van der Waals surface area contributed by atoms with Crippen LogP contribution in [0.4, 0.5) is 5.69 Å². The number of anilines is 1. The van der Waals surface area contributed by atoms with E-state index >= 15 is 0 Å². The Morgan fingerprint density at radius 2 is 2.25 bits per heavy atom. The van der Waals surface area contributed by atoms with Gasteiger partial charge in [0.05, 0.1) is 5.75 Å². The van der Waals surface area contributed by atoms with E-state index in [0.29, 0.717) is 4.47 Å². The molecular formula is C10H10ClN3S2. The number of rotatable bonds is 3. The minimum absolute atomic E-state index is 0.486. The SMILES string of the molecule is Cc1c(N)cccc1SCc1nnc(Cl)s1. The van der Waals surface area contributed by atoms with Gasteiger partial charge in [-0.3, -0.25) is 0 Å². The molecule has 0 aliphatic heterocycles. The minimum Gasteiger partial charge on any atom is -0.398 e. The van der Waals surface area contributed by atoms with E-state index in [4.69, 9.17) is 17.3 Å². The van der Waals surface area contributed by atoms with Crippen molar-refractivity contribution < 1.29 is 0 Å². The van der Waals surface area contributed by atoms with Gasteiger partial charge in [-0.15, -0.1) is 22.0 Å². The Morgan fingerprint density at radius 1 is 1.44 bits per heavy atom. The summed E-state index contributed by atoms with van der Waals surface area (Å²) in [4.78, 5) is 1.17. The van der Waals surface area contributed by atoms with Crippen LogP contribution in [0.2, 0.25) is 4.47 Å².